The van der Waals surface area contributed by atoms with E-state index in [1.165, 1.54) is 20.1 Å². The molecular weight excluding hydrogens is 337 g/mol. The molecule has 0 fully saturated rings. The summed E-state index contributed by atoms with van der Waals surface area (Å²) in [5.41, 5.74) is -3.51. The summed E-state index contributed by atoms with van der Waals surface area (Å²) in [6.07, 6.45) is -5.25. The molecule has 2 aromatic carbocycles. The van der Waals surface area contributed by atoms with Gasteiger partial charge in [0.25, 0.3) is 5.60 Å². The molecule has 7 heteroatoms. The molecule has 1 atom stereocenters. The van der Waals surface area contributed by atoms with Crippen LogP contribution < -0.4 is 4.74 Å². The first-order valence-electron chi connectivity index (χ1n) is 7.46. The van der Waals surface area contributed by atoms with E-state index in [-0.39, 0.29) is 6.61 Å². The number of esters is 1. The monoisotopic (exact) mass is 354 g/mol. The molecular formula is C18H17F3O4. The largest absolute Gasteiger partial charge is 0.496 e. The van der Waals surface area contributed by atoms with Gasteiger partial charge in [-0.25, -0.2) is 4.79 Å². The second-order valence-corrected chi connectivity index (χ2v) is 5.21. The Balaban J connectivity index is 2.66. The van der Waals surface area contributed by atoms with Crippen LogP contribution in [0, 0.1) is 0 Å². The molecule has 0 aliphatic heterocycles. The molecule has 0 aromatic heterocycles. The maximum atomic E-state index is 13.5. The zero-order chi connectivity index (χ0) is 18.7. The molecule has 0 radical (unpaired) electrons. The molecule has 0 aliphatic carbocycles. The first-order chi connectivity index (χ1) is 11.8. The molecule has 0 amide bonds. The number of carbonyl (C=O) groups is 1. The van der Waals surface area contributed by atoms with Gasteiger partial charge in [-0.15, -0.1) is 0 Å². The van der Waals surface area contributed by atoms with Crippen molar-refractivity contribution < 1.29 is 32.5 Å². The summed E-state index contributed by atoms with van der Waals surface area (Å²) in [5.74, 6) is -1.46. The van der Waals surface area contributed by atoms with Crippen LogP contribution in [-0.4, -0.2) is 31.0 Å². The summed E-state index contributed by atoms with van der Waals surface area (Å²) in [6.45, 7) is 1.07. The molecule has 4 nitrogen and oxygen atoms in total. The minimum Gasteiger partial charge on any atom is -0.496 e. The highest BCUT2D eigenvalue weighted by atomic mass is 19.4. The zero-order valence-corrected chi connectivity index (χ0v) is 13.6. The standard InChI is InChI=1S/C18H17F3O4/c1-3-25-16(22)17(23,18(19,20)21)13-9-10-15(24-2)14(11-13)12-7-5-4-6-8-12/h4-11,23H,3H2,1-2H3/t17-/m0/s1. The van der Waals surface area contributed by atoms with Crippen molar-refractivity contribution in [2.45, 2.75) is 18.7 Å². The number of methoxy groups -OCH3 is 1. The van der Waals surface area contributed by atoms with Gasteiger partial charge in [0.05, 0.1) is 13.7 Å². The van der Waals surface area contributed by atoms with Crippen LogP contribution in [-0.2, 0) is 15.1 Å². The smallest absolute Gasteiger partial charge is 0.432 e. The third-order valence-electron chi connectivity index (χ3n) is 3.68. The van der Waals surface area contributed by atoms with Crippen molar-refractivity contribution in [1.29, 1.82) is 0 Å². The van der Waals surface area contributed by atoms with Gasteiger partial charge in [0.15, 0.2) is 0 Å². The number of hydrogen-bond donors (Lipinski definition) is 1. The van der Waals surface area contributed by atoms with E-state index in [4.69, 9.17) is 4.74 Å². The number of ether oxygens (including phenoxy) is 2. The van der Waals surface area contributed by atoms with E-state index < -0.39 is 23.3 Å². The molecule has 0 spiro atoms. The van der Waals surface area contributed by atoms with Gasteiger partial charge in [-0.05, 0) is 24.6 Å². The fourth-order valence-electron chi connectivity index (χ4n) is 2.41. The Labute approximate surface area is 142 Å². The SMILES string of the molecule is CCOC(=O)[C@@](O)(c1ccc(OC)c(-c2ccccc2)c1)C(F)(F)F. The molecule has 0 unspecified atom stereocenters. The van der Waals surface area contributed by atoms with Gasteiger partial charge in [0, 0.05) is 11.1 Å². The molecule has 0 heterocycles. The fourth-order valence-corrected chi connectivity index (χ4v) is 2.41. The first kappa shape index (κ1) is 18.8. The molecule has 134 valence electrons. The Kier molecular flexibility index (Phi) is 5.37. The predicted molar refractivity (Wildman–Crippen MR) is 85.0 cm³/mol. The van der Waals surface area contributed by atoms with Crippen molar-refractivity contribution >= 4 is 5.97 Å². The van der Waals surface area contributed by atoms with Crippen LogP contribution in [0.1, 0.15) is 12.5 Å². The third kappa shape index (κ3) is 3.46. The van der Waals surface area contributed by atoms with Crippen LogP contribution in [0.15, 0.2) is 48.5 Å². The second kappa shape index (κ2) is 7.14. The predicted octanol–water partition coefficient (Wildman–Crippen LogP) is 3.68. The van der Waals surface area contributed by atoms with Crippen molar-refractivity contribution in [1.82, 2.24) is 0 Å². The third-order valence-corrected chi connectivity index (χ3v) is 3.68. The normalized spacial score (nSPS) is 13.8. The van der Waals surface area contributed by atoms with Crippen molar-refractivity contribution in [3.05, 3.63) is 54.1 Å². The number of alkyl halides is 3. The van der Waals surface area contributed by atoms with Gasteiger partial charge in [-0.1, -0.05) is 36.4 Å². The molecule has 2 aromatic rings. The second-order valence-electron chi connectivity index (χ2n) is 5.21. The van der Waals surface area contributed by atoms with E-state index in [2.05, 4.69) is 4.74 Å². The van der Waals surface area contributed by atoms with E-state index in [0.29, 0.717) is 16.9 Å². The summed E-state index contributed by atoms with van der Waals surface area (Å²) in [4.78, 5) is 11.9. The number of aliphatic hydroxyl groups is 1. The van der Waals surface area contributed by atoms with E-state index in [1.807, 2.05) is 0 Å². The molecule has 1 N–H and O–H groups in total. The van der Waals surface area contributed by atoms with Gasteiger partial charge in [0.1, 0.15) is 5.75 Å². The van der Waals surface area contributed by atoms with Gasteiger partial charge < -0.3 is 14.6 Å². The average Bonchev–Trinajstić information content (AvgIpc) is 2.60. The Morgan fingerprint density at radius 3 is 2.28 bits per heavy atom. The summed E-state index contributed by atoms with van der Waals surface area (Å²) >= 11 is 0. The summed E-state index contributed by atoms with van der Waals surface area (Å²) in [5, 5.41) is 10.2. The highest BCUT2D eigenvalue weighted by Gasteiger charge is 2.62. The lowest BCUT2D eigenvalue weighted by atomic mass is 9.90. The van der Waals surface area contributed by atoms with E-state index >= 15 is 0 Å². The number of rotatable bonds is 5. The lowest BCUT2D eigenvalue weighted by Crippen LogP contribution is -2.50. The maximum Gasteiger partial charge on any atom is 0.432 e. The number of carbonyl (C=O) groups excluding carboxylic acids is 1. The van der Waals surface area contributed by atoms with Crippen LogP contribution in [0.3, 0.4) is 0 Å². The molecule has 2 rings (SSSR count). The van der Waals surface area contributed by atoms with Crippen LogP contribution in [0.5, 0.6) is 5.75 Å². The average molecular weight is 354 g/mol. The summed E-state index contributed by atoms with van der Waals surface area (Å²) in [6, 6.07) is 11.9. The Bertz CT molecular complexity index is 744. The van der Waals surface area contributed by atoms with Crippen molar-refractivity contribution in [2.24, 2.45) is 0 Å². The minimum atomic E-state index is -5.25. The van der Waals surface area contributed by atoms with Crippen LogP contribution in [0.25, 0.3) is 11.1 Å². The lowest BCUT2D eigenvalue weighted by molar-refractivity contribution is -0.267. The zero-order valence-electron chi connectivity index (χ0n) is 13.6. The first-order valence-corrected chi connectivity index (χ1v) is 7.46. The van der Waals surface area contributed by atoms with Crippen molar-refractivity contribution in [2.75, 3.05) is 13.7 Å². The van der Waals surface area contributed by atoms with E-state index in [9.17, 15) is 23.1 Å². The minimum absolute atomic E-state index is 0.293. The fraction of sp³-hybridized carbons (Fsp3) is 0.278. The Morgan fingerprint density at radius 2 is 1.76 bits per heavy atom. The molecule has 0 bridgehead atoms. The Hall–Kier alpha value is -2.54. The number of hydrogen-bond acceptors (Lipinski definition) is 4. The molecule has 25 heavy (non-hydrogen) atoms. The topological polar surface area (TPSA) is 55.8 Å². The Morgan fingerprint density at radius 1 is 1.12 bits per heavy atom. The highest BCUT2D eigenvalue weighted by Crippen LogP contribution is 2.43. The molecule has 0 saturated heterocycles. The number of benzene rings is 2. The van der Waals surface area contributed by atoms with Crippen LogP contribution in [0.4, 0.5) is 13.2 Å². The van der Waals surface area contributed by atoms with E-state index in [1.54, 1.807) is 30.3 Å². The van der Waals surface area contributed by atoms with Gasteiger partial charge in [-0.2, -0.15) is 13.2 Å². The van der Waals surface area contributed by atoms with Gasteiger partial charge in [0.2, 0.25) is 0 Å². The van der Waals surface area contributed by atoms with Crippen LogP contribution in [0.2, 0.25) is 0 Å². The molecule has 0 saturated carbocycles. The van der Waals surface area contributed by atoms with Gasteiger partial charge >= 0.3 is 12.1 Å². The van der Waals surface area contributed by atoms with Gasteiger partial charge in [-0.3, -0.25) is 0 Å². The summed E-state index contributed by atoms with van der Waals surface area (Å²) < 4.78 is 50.1. The van der Waals surface area contributed by atoms with Crippen molar-refractivity contribution in [3.8, 4) is 16.9 Å². The molecule has 0 aliphatic rings. The van der Waals surface area contributed by atoms with E-state index in [0.717, 1.165) is 12.1 Å². The maximum absolute atomic E-state index is 13.5. The highest BCUT2D eigenvalue weighted by molar-refractivity contribution is 5.83. The summed E-state index contributed by atoms with van der Waals surface area (Å²) in [7, 11) is 1.38. The van der Waals surface area contributed by atoms with Crippen molar-refractivity contribution in [3.63, 3.8) is 0 Å². The lowest BCUT2D eigenvalue weighted by Gasteiger charge is -2.29. The quantitative estimate of drug-likeness (QED) is 0.833. The number of halogens is 3. The van der Waals surface area contributed by atoms with Crippen LogP contribution >= 0.6 is 0 Å².